The Labute approximate surface area is 260 Å². The van der Waals surface area contributed by atoms with Gasteiger partial charge in [0, 0.05) is 6.42 Å². The molecule has 0 spiro atoms. The Morgan fingerprint density at radius 2 is 0.732 bits per heavy atom. The summed E-state index contributed by atoms with van der Waals surface area (Å²) in [5, 5.41) is 19.8. The predicted octanol–water partition coefficient (Wildman–Crippen LogP) is 11.7. The summed E-state index contributed by atoms with van der Waals surface area (Å²) in [5.41, 5.74) is 0. The summed E-state index contributed by atoms with van der Waals surface area (Å²) in [6, 6.07) is 0. The molecule has 0 aliphatic heterocycles. The zero-order chi connectivity index (χ0) is 30.9. The van der Waals surface area contributed by atoms with E-state index in [-0.39, 0.29) is 4.65 Å². The van der Waals surface area contributed by atoms with Crippen molar-refractivity contribution < 1.29 is 15.0 Å². The summed E-state index contributed by atoms with van der Waals surface area (Å²) >= 11 is 0. The molecular formula is C37H81N2O2+. The first kappa shape index (κ1) is 43.0. The van der Waals surface area contributed by atoms with Crippen molar-refractivity contribution in [3.63, 3.8) is 0 Å². The number of unbranched alkanes of at least 4 members (excludes halogenated alkanes) is 25. The highest BCUT2D eigenvalue weighted by Crippen LogP contribution is 2.16. The molecule has 2 atom stereocenters. The first-order valence-electron chi connectivity index (χ1n) is 18.7. The molecule has 0 saturated carbocycles. The smallest absolute Gasteiger partial charge is 0.220 e. The maximum Gasteiger partial charge on any atom is 0.220 e. The molecule has 41 heavy (non-hydrogen) atoms. The van der Waals surface area contributed by atoms with Crippen LogP contribution < -0.4 is 0 Å². The quantitative estimate of drug-likeness (QED) is 0.0368. The van der Waals surface area contributed by atoms with Gasteiger partial charge in [-0.1, -0.05) is 174 Å². The Balaban J connectivity index is 0. The number of hydrogen-bond acceptors (Lipinski definition) is 3. The number of quaternary nitrogens is 1. The van der Waals surface area contributed by atoms with Crippen LogP contribution in [0, 0.1) is 0 Å². The molecule has 2 N–H and O–H groups in total. The number of aliphatic hydroxyl groups excluding tert-OH is 1. The molecule has 0 radical (unpaired) electrons. The van der Waals surface area contributed by atoms with Crippen molar-refractivity contribution in [2.24, 2.45) is 0 Å². The first-order chi connectivity index (χ1) is 19.8. The monoisotopic (exact) mass is 586 g/mol. The number of nitrogens with zero attached hydrogens (tertiary/aromatic N) is 2. The van der Waals surface area contributed by atoms with Crippen LogP contribution in [0.2, 0.25) is 0 Å². The minimum Gasteiger partial charge on any atom is -0.343 e. The van der Waals surface area contributed by atoms with Gasteiger partial charge in [-0.05, 0) is 40.4 Å². The van der Waals surface area contributed by atoms with Gasteiger partial charge in [-0.2, -0.15) is 4.65 Å². The number of rotatable bonds is 31. The van der Waals surface area contributed by atoms with Gasteiger partial charge in [-0.15, -0.1) is 0 Å². The van der Waals surface area contributed by atoms with Gasteiger partial charge in [0.1, 0.15) is 13.6 Å². The molecule has 0 amide bonds. The van der Waals surface area contributed by atoms with Crippen molar-refractivity contribution in [1.29, 1.82) is 0 Å². The van der Waals surface area contributed by atoms with Crippen LogP contribution in [0.5, 0.6) is 0 Å². The molecule has 250 valence electrons. The van der Waals surface area contributed by atoms with Crippen LogP contribution in [0.1, 0.15) is 201 Å². The second kappa shape index (κ2) is 34.3. The second-order valence-electron chi connectivity index (χ2n) is 13.4. The second-order valence-corrected chi connectivity index (χ2v) is 13.4. The Kier molecular flexibility index (Phi) is 36.0. The van der Waals surface area contributed by atoms with E-state index in [1.54, 1.807) is 7.05 Å². The molecule has 0 saturated heterocycles. The Hall–Kier alpha value is -0.160. The maximum absolute atomic E-state index is 9.90. The normalized spacial score (nSPS) is 13.7. The molecule has 0 aromatic heterocycles. The van der Waals surface area contributed by atoms with Crippen molar-refractivity contribution in [1.82, 2.24) is 4.90 Å². The van der Waals surface area contributed by atoms with Gasteiger partial charge in [-0.25, -0.2) is 5.21 Å². The van der Waals surface area contributed by atoms with Crippen LogP contribution in [-0.2, 0) is 0 Å². The summed E-state index contributed by atoms with van der Waals surface area (Å²) in [7, 11) is 6.01. The minimum absolute atomic E-state index is 0.265. The fraction of sp³-hybridized carbons (Fsp3) is 1.00. The third-order valence-electron chi connectivity index (χ3n) is 8.81. The summed E-state index contributed by atoms with van der Waals surface area (Å²) in [4.78, 5) is 2.29. The topological polar surface area (TPSA) is 43.7 Å². The lowest BCUT2D eigenvalue weighted by atomic mass is 10.0. The molecule has 0 aromatic carbocycles. The lowest BCUT2D eigenvalue weighted by Gasteiger charge is -2.29. The summed E-state index contributed by atoms with van der Waals surface area (Å²) in [6.45, 7) is 8.28. The summed E-state index contributed by atoms with van der Waals surface area (Å²) in [5.74, 6) is 0. The lowest BCUT2D eigenvalue weighted by Crippen LogP contribution is -2.49. The average Bonchev–Trinajstić information content (AvgIpc) is 2.95. The van der Waals surface area contributed by atoms with Crippen LogP contribution in [0.4, 0.5) is 0 Å². The SMILES string of the molecule is CCCCCCCCCCCCCCCCCC(O)[N+](C)(O)CC.CCCCCCCCCCCCCCN(C)C. The minimum atomic E-state index is -0.628. The van der Waals surface area contributed by atoms with Gasteiger partial charge < -0.3 is 10.0 Å². The van der Waals surface area contributed by atoms with E-state index in [2.05, 4.69) is 32.8 Å². The number of aliphatic hydroxyl groups is 1. The average molecular weight is 586 g/mol. The lowest BCUT2D eigenvalue weighted by molar-refractivity contribution is -1.12. The molecule has 0 aliphatic rings. The molecule has 0 bridgehead atoms. The Morgan fingerprint density at radius 1 is 0.463 bits per heavy atom. The predicted molar refractivity (Wildman–Crippen MR) is 184 cm³/mol. The van der Waals surface area contributed by atoms with Crippen molar-refractivity contribution >= 4 is 0 Å². The van der Waals surface area contributed by atoms with Crippen LogP contribution in [0.3, 0.4) is 0 Å². The molecule has 2 unspecified atom stereocenters. The van der Waals surface area contributed by atoms with Gasteiger partial charge in [0.25, 0.3) is 0 Å². The van der Waals surface area contributed by atoms with E-state index in [9.17, 15) is 10.3 Å². The Bertz CT molecular complexity index is 470. The molecular weight excluding hydrogens is 504 g/mol. The largest absolute Gasteiger partial charge is 0.343 e. The van der Waals surface area contributed by atoms with Crippen molar-refractivity contribution in [2.75, 3.05) is 34.2 Å². The van der Waals surface area contributed by atoms with E-state index in [0.29, 0.717) is 13.0 Å². The zero-order valence-electron chi connectivity index (χ0n) is 29.6. The molecule has 0 aromatic rings. The Morgan fingerprint density at radius 3 is 1.00 bits per heavy atom. The van der Waals surface area contributed by atoms with Crippen LogP contribution >= 0.6 is 0 Å². The summed E-state index contributed by atoms with van der Waals surface area (Å²) < 4.78 is -0.265. The molecule has 0 heterocycles. The van der Waals surface area contributed by atoms with Crippen LogP contribution in [0.15, 0.2) is 0 Å². The van der Waals surface area contributed by atoms with E-state index >= 15 is 0 Å². The highest BCUT2D eigenvalue weighted by Gasteiger charge is 2.26. The van der Waals surface area contributed by atoms with E-state index < -0.39 is 6.23 Å². The van der Waals surface area contributed by atoms with Crippen molar-refractivity contribution in [2.45, 2.75) is 207 Å². The third-order valence-corrected chi connectivity index (χ3v) is 8.81. The van der Waals surface area contributed by atoms with Crippen molar-refractivity contribution in [3.05, 3.63) is 0 Å². The molecule has 0 rings (SSSR count). The molecule has 4 heteroatoms. The highest BCUT2D eigenvalue weighted by molar-refractivity contribution is 4.52. The van der Waals surface area contributed by atoms with Gasteiger partial charge in [-0.3, -0.25) is 0 Å². The fourth-order valence-corrected chi connectivity index (χ4v) is 5.46. The number of hydrogen-bond donors (Lipinski definition) is 2. The van der Waals surface area contributed by atoms with E-state index in [1.165, 1.54) is 173 Å². The van der Waals surface area contributed by atoms with E-state index in [1.807, 2.05) is 6.92 Å². The van der Waals surface area contributed by atoms with Crippen molar-refractivity contribution in [3.8, 4) is 0 Å². The third kappa shape index (κ3) is 35.9. The summed E-state index contributed by atoms with van der Waals surface area (Å²) in [6.07, 6.45) is 37.7. The van der Waals surface area contributed by atoms with Gasteiger partial charge in [0.2, 0.25) is 6.23 Å². The molecule has 0 aliphatic carbocycles. The number of hydroxylamine groups is 3. The van der Waals surface area contributed by atoms with Gasteiger partial charge in [0.15, 0.2) is 0 Å². The van der Waals surface area contributed by atoms with Gasteiger partial charge >= 0.3 is 0 Å². The maximum atomic E-state index is 9.90. The fourth-order valence-electron chi connectivity index (χ4n) is 5.46. The first-order valence-corrected chi connectivity index (χ1v) is 18.7. The van der Waals surface area contributed by atoms with Crippen LogP contribution in [-0.4, -0.2) is 60.3 Å². The molecule has 4 nitrogen and oxygen atoms in total. The van der Waals surface area contributed by atoms with Gasteiger partial charge in [0.05, 0.1) is 0 Å². The standard InChI is InChI=1S/C21H46NO2.C16H35N/c1-4-6-7-8-9-10-11-12-13-14-15-16-17-18-19-20-21(23)22(3,24)5-2;1-4-5-6-7-8-9-10-11-12-13-14-15-16-17(2)3/h21,23-24H,4-20H2,1-3H3;4-16H2,1-3H3/q+1;. The van der Waals surface area contributed by atoms with Crippen LogP contribution in [0.25, 0.3) is 0 Å². The zero-order valence-corrected chi connectivity index (χ0v) is 29.6. The highest BCUT2D eigenvalue weighted by atomic mass is 16.6. The molecule has 0 fully saturated rings. The van der Waals surface area contributed by atoms with E-state index in [4.69, 9.17) is 0 Å². The van der Waals surface area contributed by atoms with E-state index in [0.717, 1.165) is 6.42 Å².